The van der Waals surface area contributed by atoms with Gasteiger partial charge in [-0.2, -0.15) is 0 Å². The summed E-state index contributed by atoms with van der Waals surface area (Å²) >= 11 is 1.39. The molecule has 0 amide bonds. The van der Waals surface area contributed by atoms with Gasteiger partial charge in [-0.1, -0.05) is 11.8 Å². The molecule has 3 aromatic rings. The van der Waals surface area contributed by atoms with E-state index in [1.54, 1.807) is 26.2 Å². The molecule has 7 heteroatoms. The van der Waals surface area contributed by atoms with Crippen LogP contribution in [0.3, 0.4) is 0 Å². The molecule has 0 fully saturated rings. The first-order valence-corrected chi connectivity index (χ1v) is 9.46. The number of hydrogen-bond acceptors (Lipinski definition) is 7. The molecule has 140 valence electrons. The van der Waals surface area contributed by atoms with Gasteiger partial charge in [-0.3, -0.25) is 4.79 Å². The first kappa shape index (κ1) is 19.0. The van der Waals surface area contributed by atoms with Gasteiger partial charge in [0.15, 0.2) is 5.78 Å². The standard InChI is InChI=1S/C20H20N2O4S/c1-4-25-17-8-5-14(6-9-17)19-21-22-20(26-19)27-12-16-11-15(13(2)23)7-10-18(16)24-3/h5-11H,4,12H2,1-3H3. The van der Waals surface area contributed by atoms with Gasteiger partial charge in [0.05, 0.1) is 13.7 Å². The molecule has 6 nitrogen and oxygen atoms in total. The number of ether oxygens (including phenoxy) is 2. The second kappa shape index (κ2) is 8.73. The van der Waals surface area contributed by atoms with Gasteiger partial charge >= 0.3 is 0 Å². The molecule has 0 radical (unpaired) electrons. The summed E-state index contributed by atoms with van der Waals surface area (Å²) in [6.45, 7) is 4.10. The van der Waals surface area contributed by atoms with Crippen LogP contribution in [0.25, 0.3) is 11.5 Å². The summed E-state index contributed by atoms with van der Waals surface area (Å²) in [5, 5.41) is 8.64. The zero-order valence-corrected chi connectivity index (χ0v) is 16.2. The van der Waals surface area contributed by atoms with Gasteiger partial charge < -0.3 is 13.9 Å². The molecule has 0 aliphatic carbocycles. The van der Waals surface area contributed by atoms with Crippen LogP contribution in [0.5, 0.6) is 11.5 Å². The number of Topliss-reactive ketones (excluding diaryl/α,β-unsaturated/α-hetero) is 1. The van der Waals surface area contributed by atoms with Crippen molar-refractivity contribution in [3.63, 3.8) is 0 Å². The summed E-state index contributed by atoms with van der Waals surface area (Å²) < 4.78 is 16.5. The number of methoxy groups -OCH3 is 1. The van der Waals surface area contributed by atoms with Crippen LogP contribution in [-0.4, -0.2) is 29.7 Å². The van der Waals surface area contributed by atoms with E-state index in [2.05, 4.69) is 10.2 Å². The van der Waals surface area contributed by atoms with E-state index in [9.17, 15) is 4.79 Å². The van der Waals surface area contributed by atoms with Gasteiger partial charge in [0, 0.05) is 22.4 Å². The number of nitrogens with zero attached hydrogens (tertiary/aromatic N) is 2. The van der Waals surface area contributed by atoms with Gasteiger partial charge in [-0.05, 0) is 56.3 Å². The van der Waals surface area contributed by atoms with Crippen LogP contribution in [0.1, 0.15) is 29.8 Å². The number of thioether (sulfide) groups is 1. The third-order valence-electron chi connectivity index (χ3n) is 3.86. The molecule has 0 saturated carbocycles. The van der Waals surface area contributed by atoms with Crippen LogP contribution in [0, 0.1) is 0 Å². The van der Waals surface area contributed by atoms with E-state index in [0.29, 0.717) is 29.0 Å². The Labute approximate surface area is 161 Å². The predicted molar refractivity (Wildman–Crippen MR) is 103 cm³/mol. The number of ketones is 1. The lowest BCUT2D eigenvalue weighted by atomic mass is 10.1. The second-order valence-corrected chi connectivity index (χ2v) is 6.63. The van der Waals surface area contributed by atoms with Crippen LogP contribution >= 0.6 is 11.8 Å². The Hall–Kier alpha value is -2.80. The molecule has 0 bridgehead atoms. The lowest BCUT2D eigenvalue weighted by Crippen LogP contribution is -1.96. The van der Waals surface area contributed by atoms with E-state index < -0.39 is 0 Å². The largest absolute Gasteiger partial charge is 0.496 e. The molecule has 0 aliphatic heterocycles. The molecule has 27 heavy (non-hydrogen) atoms. The highest BCUT2D eigenvalue weighted by molar-refractivity contribution is 7.98. The summed E-state index contributed by atoms with van der Waals surface area (Å²) in [6.07, 6.45) is 0. The van der Waals surface area contributed by atoms with Crippen molar-refractivity contribution in [3.05, 3.63) is 53.6 Å². The average molecular weight is 384 g/mol. The number of aromatic nitrogens is 2. The molecule has 2 aromatic carbocycles. The van der Waals surface area contributed by atoms with Crippen molar-refractivity contribution in [2.24, 2.45) is 0 Å². The maximum atomic E-state index is 11.6. The zero-order chi connectivity index (χ0) is 19.2. The summed E-state index contributed by atoms with van der Waals surface area (Å²) in [4.78, 5) is 11.6. The van der Waals surface area contributed by atoms with Crippen molar-refractivity contribution < 1.29 is 18.7 Å². The molecule has 0 N–H and O–H groups in total. The maximum absolute atomic E-state index is 11.6. The summed E-state index contributed by atoms with van der Waals surface area (Å²) in [5.74, 6) is 2.53. The third kappa shape index (κ3) is 4.68. The zero-order valence-electron chi connectivity index (χ0n) is 15.4. The third-order valence-corrected chi connectivity index (χ3v) is 4.72. The molecule has 0 aliphatic rings. The van der Waals surface area contributed by atoms with Crippen LogP contribution in [0.15, 0.2) is 52.1 Å². The number of carbonyl (C=O) groups is 1. The minimum absolute atomic E-state index is 0.0134. The Bertz CT molecular complexity index is 922. The second-order valence-electron chi connectivity index (χ2n) is 5.70. The molecule has 3 rings (SSSR count). The summed E-state index contributed by atoms with van der Waals surface area (Å²) in [6, 6.07) is 12.9. The molecular weight excluding hydrogens is 364 g/mol. The van der Waals surface area contributed by atoms with Crippen LogP contribution in [0.4, 0.5) is 0 Å². The SMILES string of the molecule is CCOc1ccc(-c2nnc(SCc3cc(C(C)=O)ccc3OC)o2)cc1. The lowest BCUT2D eigenvalue weighted by molar-refractivity contribution is 0.101. The van der Waals surface area contributed by atoms with E-state index in [0.717, 1.165) is 22.6 Å². The number of hydrogen-bond donors (Lipinski definition) is 0. The number of carbonyl (C=O) groups excluding carboxylic acids is 1. The van der Waals surface area contributed by atoms with E-state index in [-0.39, 0.29) is 5.78 Å². The van der Waals surface area contributed by atoms with E-state index in [1.807, 2.05) is 37.3 Å². The fourth-order valence-electron chi connectivity index (χ4n) is 2.50. The van der Waals surface area contributed by atoms with Crippen LogP contribution in [0.2, 0.25) is 0 Å². The quantitative estimate of drug-likeness (QED) is 0.414. The van der Waals surface area contributed by atoms with Gasteiger partial charge in [-0.15, -0.1) is 10.2 Å². The Balaban J connectivity index is 1.71. The van der Waals surface area contributed by atoms with Gasteiger partial charge in [0.2, 0.25) is 5.89 Å². The Kier molecular flexibility index (Phi) is 6.13. The highest BCUT2D eigenvalue weighted by Gasteiger charge is 2.12. The minimum Gasteiger partial charge on any atom is -0.496 e. The molecule has 0 spiro atoms. The van der Waals surface area contributed by atoms with Crippen molar-refractivity contribution in [3.8, 4) is 23.0 Å². The fourth-order valence-corrected chi connectivity index (χ4v) is 3.24. The molecule has 0 unspecified atom stereocenters. The van der Waals surface area contributed by atoms with Crippen molar-refractivity contribution in [2.45, 2.75) is 24.8 Å². The maximum Gasteiger partial charge on any atom is 0.277 e. The Morgan fingerprint density at radius 2 is 1.93 bits per heavy atom. The number of rotatable bonds is 8. The molecule has 1 heterocycles. The molecule has 1 aromatic heterocycles. The summed E-state index contributed by atoms with van der Waals surface area (Å²) in [7, 11) is 1.60. The van der Waals surface area contributed by atoms with Crippen molar-refractivity contribution >= 4 is 17.5 Å². The highest BCUT2D eigenvalue weighted by atomic mass is 32.2. The van der Waals surface area contributed by atoms with Gasteiger partial charge in [0.1, 0.15) is 11.5 Å². The van der Waals surface area contributed by atoms with Crippen molar-refractivity contribution in [2.75, 3.05) is 13.7 Å². The monoisotopic (exact) mass is 384 g/mol. The first-order valence-electron chi connectivity index (χ1n) is 8.48. The normalized spacial score (nSPS) is 10.6. The van der Waals surface area contributed by atoms with Crippen molar-refractivity contribution in [1.82, 2.24) is 10.2 Å². The molecule has 0 saturated heterocycles. The van der Waals surface area contributed by atoms with Gasteiger partial charge in [0.25, 0.3) is 5.22 Å². The van der Waals surface area contributed by atoms with E-state index in [4.69, 9.17) is 13.9 Å². The Morgan fingerprint density at radius 1 is 1.15 bits per heavy atom. The molecular formula is C20H20N2O4S. The van der Waals surface area contributed by atoms with E-state index in [1.165, 1.54) is 11.8 Å². The van der Waals surface area contributed by atoms with E-state index >= 15 is 0 Å². The smallest absolute Gasteiger partial charge is 0.277 e. The summed E-state index contributed by atoms with van der Waals surface area (Å²) in [5.41, 5.74) is 2.37. The Morgan fingerprint density at radius 3 is 2.59 bits per heavy atom. The predicted octanol–water partition coefficient (Wildman–Crippen LogP) is 4.64. The van der Waals surface area contributed by atoms with Gasteiger partial charge in [-0.25, -0.2) is 0 Å². The topological polar surface area (TPSA) is 74.5 Å². The number of benzene rings is 2. The minimum atomic E-state index is 0.0134. The fraction of sp³-hybridized carbons (Fsp3) is 0.250. The molecule has 0 atom stereocenters. The first-order chi connectivity index (χ1) is 13.1. The van der Waals surface area contributed by atoms with Crippen LogP contribution < -0.4 is 9.47 Å². The van der Waals surface area contributed by atoms with Crippen LogP contribution in [-0.2, 0) is 5.75 Å². The lowest BCUT2D eigenvalue weighted by Gasteiger charge is -2.08. The average Bonchev–Trinajstić information content (AvgIpc) is 3.16. The van der Waals surface area contributed by atoms with Crippen molar-refractivity contribution in [1.29, 1.82) is 0 Å². The highest BCUT2D eigenvalue weighted by Crippen LogP contribution is 2.30.